The molecular weight excluding hydrogens is 355 g/mol. The number of nitrogens with zero attached hydrogens (tertiary/aromatic N) is 1. The summed E-state index contributed by atoms with van der Waals surface area (Å²) in [7, 11) is 0. The molecule has 136 valence electrons. The molecule has 0 unspecified atom stereocenters. The maximum absolute atomic E-state index is 12.0. The van der Waals surface area contributed by atoms with Gasteiger partial charge < -0.3 is 10.8 Å². The third-order valence-electron chi connectivity index (χ3n) is 4.33. The van der Waals surface area contributed by atoms with Crippen LogP contribution in [0.4, 0.5) is 0 Å². The molecule has 0 spiro atoms. The van der Waals surface area contributed by atoms with Crippen molar-refractivity contribution in [2.45, 2.75) is 51.5 Å². The fourth-order valence-corrected chi connectivity index (χ4v) is 3.41. The molecule has 2 rings (SSSR count). The van der Waals surface area contributed by atoms with Crippen LogP contribution in [0.5, 0.6) is 5.75 Å². The highest BCUT2D eigenvalue weighted by Crippen LogP contribution is 2.29. The third-order valence-corrected chi connectivity index (χ3v) is 4.83. The van der Waals surface area contributed by atoms with E-state index in [1.54, 1.807) is 6.07 Å². The highest BCUT2D eigenvalue weighted by Gasteiger charge is 2.04. The molecule has 0 saturated heterocycles. The van der Waals surface area contributed by atoms with Gasteiger partial charge in [-0.3, -0.25) is 0 Å². The molecule has 1 heterocycles. The van der Waals surface area contributed by atoms with Gasteiger partial charge in [0.15, 0.2) is 12.4 Å². The molecule has 3 nitrogen and oxygen atoms in total. The molecule has 0 aliphatic rings. The second kappa shape index (κ2) is 10.6. The van der Waals surface area contributed by atoms with Crippen LogP contribution in [0.3, 0.4) is 0 Å². The summed E-state index contributed by atoms with van der Waals surface area (Å²) >= 11 is 11.9. The van der Waals surface area contributed by atoms with Crippen molar-refractivity contribution >= 4 is 23.2 Å². The monoisotopic (exact) mass is 380 g/mol. The minimum atomic E-state index is -0.105. The number of pyridine rings is 1. The van der Waals surface area contributed by atoms with Gasteiger partial charge in [0.1, 0.15) is 6.54 Å². The molecule has 0 fully saturated rings. The van der Waals surface area contributed by atoms with Crippen molar-refractivity contribution in [3.05, 3.63) is 57.8 Å². The topological polar surface area (TPSA) is 53.0 Å². The third kappa shape index (κ3) is 6.85. The number of halogens is 2. The summed E-state index contributed by atoms with van der Waals surface area (Å²) in [5.74, 6) is -0.105. The van der Waals surface area contributed by atoms with Gasteiger partial charge in [0.2, 0.25) is 0 Å². The van der Waals surface area contributed by atoms with Crippen LogP contribution in [0.2, 0.25) is 10.0 Å². The molecule has 0 atom stereocenters. The molecule has 25 heavy (non-hydrogen) atoms. The van der Waals surface area contributed by atoms with Crippen molar-refractivity contribution in [1.29, 1.82) is 0 Å². The Morgan fingerprint density at radius 3 is 2.36 bits per heavy atom. The van der Waals surface area contributed by atoms with E-state index in [1.165, 1.54) is 30.9 Å². The van der Waals surface area contributed by atoms with Gasteiger partial charge in [-0.25, -0.2) is 4.57 Å². The Balaban J connectivity index is 1.76. The number of hydrogen-bond acceptors (Lipinski definition) is 2. The molecule has 0 saturated carbocycles. The second-order valence-corrected chi connectivity index (χ2v) is 7.22. The fraction of sp³-hybridized carbons (Fsp3) is 0.450. The number of aromatic nitrogens is 1. The molecule has 0 aliphatic carbocycles. The van der Waals surface area contributed by atoms with E-state index in [-0.39, 0.29) is 10.8 Å². The highest BCUT2D eigenvalue weighted by atomic mass is 35.5. The fourth-order valence-electron chi connectivity index (χ4n) is 2.88. The summed E-state index contributed by atoms with van der Waals surface area (Å²) in [6.07, 6.45) is 11.5. The van der Waals surface area contributed by atoms with Crippen molar-refractivity contribution in [2.24, 2.45) is 5.73 Å². The average molecular weight is 381 g/mol. The molecule has 0 radical (unpaired) electrons. The lowest BCUT2D eigenvalue weighted by molar-refractivity contribution is -0.697. The van der Waals surface area contributed by atoms with Gasteiger partial charge in [0.25, 0.3) is 0 Å². The minimum absolute atomic E-state index is 0.105. The van der Waals surface area contributed by atoms with Crippen molar-refractivity contribution in [3.63, 3.8) is 0 Å². The van der Waals surface area contributed by atoms with Crippen LogP contribution < -0.4 is 15.4 Å². The highest BCUT2D eigenvalue weighted by molar-refractivity contribution is 6.35. The Bertz CT molecular complexity index is 659. The van der Waals surface area contributed by atoms with E-state index in [0.29, 0.717) is 17.0 Å². The van der Waals surface area contributed by atoms with Crippen LogP contribution in [-0.2, 0) is 19.4 Å². The summed E-state index contributed by atoms with van der Waals surface area (Å²) in [4.78, 5) is 0. The molecule has 1 aromatic carbocycles. The Hall–Kier alpha value is -1.29. The average Bonchev–Trinajstić information content (AvgIpc) is 2.60. The summed E-state index contributed by atoms with van der Waals surface area (Å²) < 4.78 is 2.22. The Morgan fingerprint density at radius 2 is 1.64 bits per heavy atom. The second-order valence-electron chi connectivity index (χ2n) is 6.38. The van der Waals surface area contributed by atoms with Crippen LogP contribution in [0.1, 0.15) is 43.2 Å². The molecule has 1 aromatic heterocycles. The molecule has 0 amide bonds. The van der Waals surface area contributed by atoms with Crippen LogP contribution in [-0.4, -0.2) is 6.54 Å². The van der Waals surface area contributed by atoms with E-state index >= 15 is 0 Å². The lowest BCUT2D eigenvalue weighted by Crippen LogP contribution is -2.32. The van der Waals surface area contributed by atoms with Gasteiger partial charge in [0, 0.05) is 28.6 Å². The quantitative estimate of drug-likeness (QED) is 0.499. The lowest BCUT2D eigenvalue weighted by Gasteiger charge is -2.15. The van der Waals surface area contributed by atoms with Gasteiger partial charge in [-0.05, 0) is 56.3 Å². The van der Waals surface area contributed by atoms with E-state index in [4.69, 9.17) is 28.9 Å². The standard InChI is InChI=1S/C20H26Cl2N2O/c21-18-14-17(20(25)19(22)15-18)7-5-6-16-8-12-24(13-9-16)11-4-2-1-3-10-23/h8-9,12-15H,1-7,10-11,23H2. The van der Waals surface area contributed by atoms with E-state index < -0.39 is 0 Å². The van der Waals surface area contributed by atoms with Crippen LogP contribution in [0.15, 0.2) is 36.7 Å². The van der Waals surface area contributed by atoms with Crippen molar-refractivity contribution in [3.8, 4) is 5.75 Å². The minimum Gasteiger partial charge on any atom is -0.871 e. The van der Waals surface area contributed by atoms with Crippen molar-refractivity contribution in [1.82, 2.24) is 0 Å². The van der Waals surface area contributed by atoms with Crippen LogP contribution in [0.25, 0.3) is 0 Å². The summed E-state index contributed by atoms with van der Waals surface area (Å²) in [5.41, 5.74) is 7.48. The maximum Gasteiger partial charge on any atom is 0.169 e. The van der Waals surface area contributed by atoms with E-state index in [2.05, 4.69) is 29.1 Å². The first kappa shape index (κ1) is 20.0. The number of hydrogen-bond donors (Lipinski definition) is 1. The largest absolute Gasteiger partial charge is 0.871 e. The van der Waals surface area contributed by atoms with Gasteiger partial charge in [-0.15, -0.1) is 0 Å². The number of unbranched alkanes of at least 4 members (excludes halogenated alkanes) is 3. The van der Waals surface area contributed by atoms with E-state index in [9.17, 15) is 5.11 Å². The number of benzene rings is 1. The first-order valence-electron chi connectivity index (χ1n) is 8.93. The predicted octanol–water partition coefficient (Wildman–Crippen LogP) is 4.05. The molecule has 2 N–H and O–H groups in total. The molecule has 5 heteroatoms. The number of nitrogens with two attached hydrogens (primary N) is 1. The van der Waals surface area contributed by atoms with Gasteiger partial charge in [0.05, 0.1) is 0 Å². The number of aryl methyl sites for hydroxylation is 3. The molecule has 2 aromatic rings. The Kier molecular flexibility index (Phi) is 8.53. The molecule has 0 bridgehead atoms. The van der Waals surface area contributed by atoms with Crippen molar-refractivity contribution < 1.29 is 9.67 Å². The van der Waals surface area contributed by atoms with Gasteiger partial charge >= 0.3 is 0 Å². The maximum atomic E-state index is 12.0. The van der Waals surface area contributed by atoms with E-state index in [1.807, 2.05) is 0 Å². The van der Waals surface area contributed by atoms with E-state index in [0.717, 1.165) is 32.4 Å². The normalized spacial score (nSPS) is 11.0. The zero-order valence-corrected chi connectivity index (χ0v) is 16.0. The SMILES string of the molecule is NCCCCCC[n+]1ccc(CCCc2cc(Cl)cc(Cl)c2[O-])cc1. The number of rotatable bonds is 10. The Labute approximate surface area is 160 Å². The molecule has 0 aliphatic heterocycles. The summed E-state index contributed by atoms with van der Waals surface area (Å²) in [6.45, 7) is 1.84. The summed E-state index contributed by atoms with van der Waals surface area (Å²) in [5, 5.41) is 12.7. The zero-order chi connectivity index (χ0) is 18.1. The predicted molar refractivity (Wildman–Crippen MR) is 102 cm³/mol. The first-order valence-corrected chi connectivity index (χ1v) is 9.68. The smallest absolute Gasteiger partial charge is 0.169 e. The summed E-state index contributed by atoms with van der Waals surface area (Å²) in [6, 6.07) is 7.53. The zero-order valence-electron chi connectivity index (χ0n) is 14.5. The van der Waals surface area contributed by atoms with Gasteiger partial charge in [-0.2, -0.15) is 0 Å². The molecular formula is C20H26Cl2N2O. The van der Waals surface area contributed by atoms with Crippen LogP contribution >= 0.6 is 23.2 Å². The van der Waals surface area contributed by atoms with Gasteiger partial charge in [-0.1, -0.05) is 40.9 Å². The van der Waals surface area contributed by atoms with Crippen molar-refractivity contribution in [2.75, 3.05) is 6.54 Å². The van der Waals surface area contributed by atoms with Crippen LogP contribution in [0, 0.1) is 0 Å². The first-order chi connectivity index (χ1) is 12.1. The Morgan fingerprint density at radius 1 is 0.920 bits per heavy atom. The lowest BCUT2D eigenvalue weighted by atomic mass is 10.0.